The molecular weight excluding hydrogens is 186 g/mol. The Morgan fingerprint density at radius 2 is 2.00 bits per heavy atom. The molecule has 0 bridgehead atoms. The average Bonchev–Trinajstić information content (AvgIpc) is 2.67. The minimum atomic E-state index is 0.102. The van der Waals surface area contributed by atoms with E-state index in [1.807, 2.05) is 6.20 Å². The predicted molar refractivity (Wildman–Crippen MR) is 62.1 cm³/mol. The first-order valence-corrected chi connectivity index (χ1v) is 5.83. The molecule has 0 aromatic carbocycles. The van der Waals surface area contributed by atoms with Crippen LogP contribution in [0.25, 0.3) is 0 Å². The lowest BCUT2D eigenvalue weighted by atomic mass is 9.92. The van der Waals surface area contributed by atoms with E-state index in [1.54, 1.807) is 0 Å². The molecule has 0 amide bonds. The van der Waals surface area contributed by atoms with Crippen LogP contribution < -0.4 is 5.32 Å². The lowest BCUT2D eigenvalue weighted by molar-refractivity contribution is 0.354. The van der Waals surface area contributed by atoms with Crippen molar-refractivity contribution in [3.05, 3.63) is 18.0 Å². The highest BCUT2D eigenvalue weighted by atomic mass is 15.3. The summed E-state index contributed by atoms with van der Waals surface area (Å²) in [5, 5.41) is 7.85. The Hall–Kier alpha value is -0.830. The number of hydrogen-bond donors (Lipinski definition) is 1. The molecule has 0 radical (unpaired) electrons. The van der Waals surface area contributed by atoms with Crippen LogP contribution >= 0.6 is 0 Å². The van der Waals surface area contributed by atoms with Crippen LogP contribution in [0.2, 0.25) is 0 Å². The molecule has 1 aliphatic heterocycles. The summed E-state index contributed by atoms with van der Waals surface area (Å²) in [6.45, 7) is 8.85. The van der Waals surface area contributed by atoms with Crippen molar-refractivity contribution in [2.24, 2.45) is 0 Å². The van der Waals surface area contributed by atoms with Gasteiger partial charge in [-0.1, -0.05) is 0 Å². The van der Waals surface area contributed by atoms with Gasteiger partial charge in [0.05, 0.1) is 11.7 Å². The normalized spacial score (nSPS) is 19.4. The van der Waals surface area contributed by atoms with Crippen molar-refractivity contribution in [3.8, 4) is 0 Å². The maximum atomic E-state index is 4.46. The maximum Gasteiger partial charge on any atom is 0.0543 e. The zero-order valence-electron chi connectivity index (χ0n) is 9.95. The van der Waals surface area contributed by atoms with Gasteiger partial charge in [0, 0.05) is 6.20 Å². The Morgan fingerprint density at radius 1 is 1.33 bits per heavy atom. The van der Waals surface area contributed by atoms with Gasteiger partial charge in [-0.3, -0.25) is 4.68 Å². The molecule has 3 heteroatoms. The quantitative estimate of drug-likeness (QED) is 0.764. The maximum absolute atomic E-state index is 4.46. The van der Waals surface area contributed by atoms with Gasteiger partial charge in [0.1, 0.15) is 0 Å². The number of rotatable bonds is 1. The third-order valence-electron chi connectivity index (χ3n) is 3.10. The minimum absolute atomic E-state index is 0.102. The Kier molecular flexibility index (Phi) is 2.83. The molecule has 15 heavy (non-hydrogen) atoms. The van der Waals surface area contributed by atoms with Crippen molar-refractivity contribution < 1.29 is 0 Å². The number of aromatic nitrogens is 2. The largest absolute Gasteiger partial charge is 0.317 e. The van der Waals surface area contributed by atoms with Crippen LogP contribution in [0.1, 0.15) is 45.1 Å². The number of nitrogens with zero attached hydrogens (tertiary/aromatic N) is 2. The van der Waals surface area contributed by atoms with Gasteiger partial charge in [0.2, 0.25) is 0 Å². The van der Waals surface area contributed by atoms with E-state index in [4.69, 9.17) is 0 Å². The molecular formula is C12H21N3. The standard InChI is InChI=1S/C12H21N3/c1-12(2,3)15-9-11(8-14-15)10-4-6-13-7-5-10/h8-10,13H,4-7H2,1-3H3. The van der Waals surface area contributed by atoms with E-state index < -0.39 is 0 Å². The van der Waals surface area contributed by atoms with Crippen LogP contribution in [0, 0.1) is 0 Å². The summed E-state index contributed by atoms with van der Waals surface area (Å²) in [5.41, 5.74) is 1.51. The topological polar surface area (TPSA) is 29.9 Å². The van der Waals surface area contributed by atoms with Gasteiger partial charge in [-0.25, -0.2) is 0 Å². The highest BCUT2D eigenvalue weighted by Gasteiger charge is 2.19. The van der Waals surface area contributed by atoms with E-state index >= 15 is 0 Å². The third kappa shape index (κ3) is 2.40. The number of nitrogens with one attached hydrogen (secondary N) is 1. The first-order chi connectivity index (χ1) is 7.07. The molecule has 2 heterocycles. The zero-order valence-corrected chi connectivity index (χ0v) is 9.95. The molecule has 0 saturated carbocycles. The third-order valence-corrected chi connectivity index (χ3v) is 3.10. The molecule has 1 aromatic rings. The van der Waals surface area contributed by atoms with Crippen molar-refractivity contribution in [1.82, 2.24) is 15.1 Å². The molecule has 3 nitrogen and oxygen atoms in total. The average molecular weight is 207 g/mol. The molecule has 0 aliphatic carbocycles. The van der Waals surface area contributed by atoms with Crippen molar-refractivity contribution in [3.63, 3.8) is 0 Å². The van der Waals surface area contributed by atoms with Crippen molar-refractivity contribution in [2.45, 2.75) is 45.1 Å². The number of hydrogen-bond acceptors (Lipinski definition) is 2. The summed E-state index contributed by atoms with van der Waals surface area (Å²) in [7, 11) is 0. The fraction of sp³-hybridized carbons (Fsp3) is 0.750. The summed E-state index contributed by atoms with van der Waals surface area (Å²) in [6, 6.07) is 0. The van der Waals surface area contributed by atoms with Crippen molar-refractivity contribution in [2.75, 3.05) is 13.1 Å². The molecule has 1 N–H and O–H groups in total. The SMILES string of the molecule is CC(C)(C)n1cc(C2CCNCC2)cn1. The Bertz CT molecular complexity index is 316. The van der Waals surface area contributed by atoms with E-state index in [9.17, 15) is 0 Å². The lowest BCUT2D eigenvalue weighted by Crippen LogP contribution is -2.26. The van der Waals surface area contributed by atoms with E-state index in [0.717, 1.165) is 13.1 Å². The van der Waals surface area contributed by atoms with Gasteiger partial charge in [0.25, 0.3) is 0 Å². The van der Waals surface area contributed by atoms with Crippen molar-refractivity contribution >= 4 is 0 Å². The molecule has 0 unspecified atom stereocenters. The van der Waals surface area contributed by atoms with Crippen LogP contribution in [-0.4, -0.2) is 22.9 Å². The second-order valence-corrected chi connectivity index (χ2v) is 5.41. The second-order valence-electron chi connectivity index (χ2n) is 5.41. The first kappa shape index (κ1) is 10.7. The smallest absolute Gasteiger partial charge is 0.0543 e. The molecule has 0 spiro atoms. The van der Waals surface area contributed by atoms with Gasteiger partial charge < -0.3 is 5.32 Å². The van der Waals surface area contributed by atoms with Gasteiger partial charge in [-0.2, -0.15) is 5.10 Å². The predicted octanol–water partition coefficient (Wildman–Crippen LogP) is 2.11. The van der Waals surface area contributed by atoms with E-state index in [-0.39, 0.29) is 5.54 Å². The fourth-order valence-electron chi connectivity index (χ4n) is 2.07. The summed E-state index contributed by atoms with van der Waals surface area (Å²) in [4.78, 5) is 0. The molecule has 2 rings (SSSR count). The Morgan fingerprint density at radius 3 is 2.53 bits per heavy atom. The minimum Gasteiger partial charge on any atom is -0.317 e. The highest BCUT2D eigenvalue weighted by Crippen LogP contribution is 2.26. The fourth-order valence-corrected chi connectivity index (χ4v) is 2.07. The van der Waals surface area contributed by atoms with Crippen LogP contribution in [0.15, 0.2) is 12.4 Å². The van der Waals surface area contributed by atoms with Gasteiger partial charge in [-0.05, 0) is 58.2 Å². The van der Waals surface area contributed by atoms with Gasteiger partial charge in [0.15, 0.2) is 0 Å². The molecule has 1 fully saturated rings. The summed E-state index contributed by atoms with van der Waals surface area (Å²) < 4.78 is 2.07. The Labute approximate surface area is 91.9 Å². The summed E-state index contributed by atoms with van der Waals surface area (Å²) >= 11 is 0. The Balaban J connectivity index is 2.12. The molecule has 1 aliphatic rings. The van der Waals surface area contributed by atoms with Gasteiger partial charge >= 0.3 is 0 Å². The van der Waals surface area contributed by atoms with Crippen molar-refractivity contribution in [1.29, 1.82) is 0 Å². The van der Waals surface area contributed by atoms with E-state index in [2.05, 4.69) is 42.1 Å². The van der Waals surface area contributed by atoms with Crippen LogP contribution in [0.5, 0.6) is 0 Å². The molecule has 84 valence electrons. The van der Waals surface area contributed by atoms with Crippen LogP contribution in [-0.2, 0) is 5.54 Å². The first-order valence-electron chi connectivity index (χ1n) is 5.83. The van der Waals surface area contributed by atoms with E-state index in [0.29, 0.717) is 5.92 Å². The molecule has 1 saturated heterocycles. The highest BCUT2D eigenvalue weighted by molar-refractivity contribution is 5.13. The molecule has 0 atom stereocenters. The lowest BCUT2D eigenvalue weighted by Gasteiger charge is -2.22. The summed E-state index contributed by atoms with van der Waals surface area (Å²) in [5.74, 6) is 0.711. The van der Waals surface area contributed by atoms with Crippen LogP contribution in [0.4, 0.5) is 0 Å². The van der Waals surface area contributed by atoms with Crippen LogP contribution in [0.3, 0.4) is 0 Å². The van der Waals surface area contributed by atoms with Gasteiger partial charge in [-0.15, -0.1) is 0 Å². The monoisotopic (exact) mass is 207 g/mol. The second kappa shape index (κ2) is 3.97. The number of piperidine rings is 1. The van der Waals surface area contributed by atoms with E-state index in [1.165, 1.54) is 18.4 Å². The zero-order chi connectivity index (χ0) is 10.9. The summed E-state index contributed by atoms with van der Waals surface area (Å²) in [6.07, 6.45) is 6.75. The molecule has 1 aromatic heterocycles.